The first-order valence-corrected chi connectivity index (χ1v) is 10.4. The van der Waals surface area contributed by atoms with Crippen LogP contribution in [0.25, 0.3) is 0 Å². The first-order chi connectivity index (χ1) is 14.4. The van der Waals surface area contributed by atoms with Gasteiger partial charge in [-0.2, -0.15) is 0 Å². The summed E-state index contributed by atoms with van der Waals surface area (Å²) >= 11 is 2.13. The molecule has 7 heteroatoms. The lowest BCUT2D eigenvalue weighted by Crippen LogP contribution is -2.28. The number of rotatable bonds is 7. The van der Waals surface area contributed by atoms with E-state index in [1.165, 1.54) is 12.1 Å². The highest BCUT2D eigenvalue weighted by molar-refractivity contribution is 14.1. The Kier molecular flexibility index (Phi) is 7.04. The predicted octanol–water partition coefficient (Wildman–Crippen LogP) is 4.47. The number of methoxy groups -OCH3 is 1. The molecule has 3 aromatic rings. The maximum atomic E-state index is 13.0. The van der Waals surface area contributed by atoms with Crippen LogP contribution in [-0.4, -0.2) is 29.1 Å². The highest BCUT2D eigenvalue weighted by Crippen LogP contribution is 2.20. The van der Waals surface area contributed by atoms with E-state index in [9.17, 15) is 9.59 Å². The van der Waals surface area contributed by atoms with Gasteiger partial charge in [0, 0.05) is 16.2 Å². The Hall–Kier alpha value is -2.94. The molecule has 0 radical (unpaired) electrons. The normalized spacial score (nSPS) is 11.6. The van der Waals surface area contributed by atoms with Gasteiger partial charge in [0.25, 0.3) is 5.91 Å². The Labute approximate surface area is 188 Å². The molecule has 0 saturated carbocycles. The summed E-state index contributed by atoms with van der Waals surface area (Å²) in [6.07, 6.45) is 2.24. The molecular weight excluding hydrogens is 495 g/mol. The molecule has 1 atom stereocenters. The summed E-state index contributed by atoms with van der Waals surface area (Å²) in [5, 5.41) is 12.0. The van der Waals surface area contributed by atoms with E-state index < -0.39 is 5.97 Å². The van der Waals surface area contributed by atoms with Crippen molar-refractivity contribution in [2.75, 3.05) is 7.11 Å². The van der Waals surface area contributed by atoms with E-state index >= 15 is 0 Å². The van der Waals surface area contributed by atoms with E-state index in [-0.39, 0.29) is 17.5 Å². The molecule has 0 saturated heterocycles. The maximum Gasteiger partial charge on any atom is 0.335 e. The van der Waals surface area contributed by atoms with Crippen LogP contribution in [0.15, 0.2) is 60.8 Å². The molecule has 6 nitrogen and oxygen atoms in total. The van der Waals surface area contributed by atoms with Crippen LogP contribution in [0.3, 0.4) is 0 Å². The zero-order chi connectivity index (χ0) is 21.7. The van der Waals surface area contributed by atoms with E-state index in [1.54, 1.807) is 25.4 Å². The van der Waals surface area contributed by atoms with Crippen molar-refractivity contribution >= 4 is 34.5 Å². The van der Waals surface area contributed by atoms with Crippen LogP contribution in [0, 0.1) is 3.57 Å². The van der Waals surface area contributed by atoms with Crippen LogP contribution in [0.4, 0.5) is 0 Å². The lowest BCUT2D eigenvalue weighted by atomic mass is 10.0. The van der Waals surface area contributed by atoms with Crippen molar-refractivity contribution in [2.24, 2.45) is 0 Å². The number of nitrogens with zero attached hydrogens (tertiary/aromatic N) is 1. The highest BCUT2D eigenvalue weighted by Gasteiger charge is 2.17. The number of nitrogens with one attached hydrogen (secondary N) is 1. The van der Waals surface area contributed by atoms with Crippen molar-refractivity contribution < 1.29 is 19.4 Å². The number of carboxylic acids is 1. The van der Waals surface area contributed by atoms with Crippen LogP contribution in [0.5, 0.6) is 5.75 Å². The number of carboxylic acid groups (broad SMARTS) is 1. The first kappa shape index (κ1) is 21.8. The second-order valence-corrected chi connectivity index (χ2v) is 8.04. The van der Waals surface area contributed by atoms with Crippen LogP contribution in [-0.2, 0) is 6.42 Å². The number of ether oxygens (including phenoxy) is 1. The zero-order valence-electron chi connectivity index (χ0n) is 16.6. The molecular formula is C23H21IN2O4. The summed E-state index contributed by atoms with van der Waals surface area (Å²) in [6.45, 7) is 1.86. The lowest BCUT2D eigenvalue weighted by Gasteiger charge is -2.16. The number of carbonyl (C=O) groups excluding carboxylic acids is 1. The minimum atomic E-state index is -0.981. The van der Waals surface area contributed by atoms with E-state index in [2.05, 4.69) is 32.9 Å². The smallest absolute Gasteiger partial charge is 0.335 e. The summed E-state index contributed by atoms with van der Waals surface area (Å²) < 4.78 is 6.14. The second kappa shape index (κ2) is 9.71. The highest BCUT2D eigenvalue weighted by atomic mass is 127. The topological polar surface area (TPSA) is 88.5 Å². The summed E-state index contributed by atoms with van der Waals surface area (Å²) in [6, 6.07) is 15.7. The number of aromatic carboxylic acids is 1. The number of halogens is 1. The lowest BCUT2D eigenvalue weighted by molar-refractivity contribution is 0.0696. The molecule has 0 unspecified atom stereocenters. The van der Waals surface area contributed by atoms with Gasteiger partial charge in [-0.15, -0.1) is 0 Å². The molecule has 0 bridgehead atoms. The number of benzene rings is 2. The van der Waals surface area contributed by atoms with Gasteiger partial charge in [0.15, 0.2) is 0 Å². The SMILES string of the molecule is COc1cccc(Cc2ncc(I)cc2C(=O)N[C@@H](C)c2ccc(C(=O)O)cc2)c1. The number of carbonyl (C=O) groups is 2. The summed E-state index contributed by atoms with van der Waals surface area (Å²) in [5.74, 6) is -0.457. The molecule has 2 N–H and O–H groups in total. The quantitative estimate of drug-likeness (QED) is 0.453. The third-order valence-electron chi connectivity index (χ3n) is 4.69. The number of hydrogen-bond donors (Lipinski definition) is 2. The van der Waals surface area contributed by atoms with Crippen molar-refractivity contribution in [2.45, 2.75) is 19.4 Å². The fourth-order valence-electron chi connectivity index (χ4n) is 3.05. The van der Waals surface area contributed by atoms with Crippen molar-refractivity contribution in [3.8, 4) is 5.75 Å². The predicted molar refractivity (Wildman–Crippen MR) is 122 cm³/mol. The Morgan fingerprint density at radius 3 is 2.57 bits per heavy atom. The molecule has 154 valence electrons. The number of amides is 1. The molecule has 3 rings (SSSR count). The minimum Gasteiger partial charge on any atom is -0.497 e. The molecule has 1 heterocycles. The van der Waals surface area contributed by atoms with Crippen molar-refractivity contribution in [1.82, 2.24) is 10.3 Å². The van der Waals surface area contributed by atoms with Crippen molar-refractivity contribution in [3.63, 3.8) is 0 Å². The summed E-state index contributed by atoms with van der Waals surface area (Å²) in [7, 11) is 1.62. The minimum absolute atomic E-state index is 0.208. The third kappa shape index (κ3) is 5.35. The Bertz CT molecular complexity index is 1070. The van der Waals surface area contributed by atoms with Crippen molar-refractivity contribution in [1.29, 1.82) is 0 Å². The Balaban J connectivity index is 1.80. The van der Waals surface area contributed by atoms with Gasteiger partial charge in [-0.3, -0.25) is 9.78 Å². The van der Waals surface area contributed by atoms with Gasteiger partial charge in [0.2, 0.25) is 0 Å². The van der Waals surface area contributed by atoms with E-state index in [0.717, 1.165) is 20.4 Å². The number of pyridine rings is 1. The van der Waals surface area contributed by atoms with Crippen LogP contribution in [0.2, 0.25) is 0 Å². The monoisotopic (exact) mass is 516 g/mol. The Morgan fingerprint density at radius 1 is 1.17 bits per heavy atom. The van der Waals surface area contributed by atoms with Gasteiger partial charge in [-0.1, -0.05) is 24.3 Å². The van der Waals surface area contributed by atoms with Crippen LogP contribution >= 0.6 is 22.6 Å². The molecule has 1 aromatic heterocycles. The van der Waals surface area contributed by atoms with Gasteiger partial charge in [0.1, 0.15) is 5.75 Å². The number of aromatic nitrogens is 1. The second-order valence-electron chi connectivity index (χ2n) is 6.80. The van der Waals surface area contributed by atoms with Gasteiger partial charge < -0.3 is 15.2 Å². The van der Waals surface area contributed by atoms with E-state index in [4.69, 9.17) is 9.84 Å². The maximum absolute atomic E-state index is 13.0. The largest absolute Gasteiger partial charge is 0.497 e. The molecule has 0 aliphatic rings. The average molecular weight is 516 g/mol. The van der Waals surface area contributed by atoms with Gasteiger partial charge in [-0.05, 0) is 71.0 Å². The van der Waals surface area contributed by atoms with Crippen LogP contribution < -0.4 is 10.1 Å². The molecule has 2 aromatic carbocycles. The molecule has 1 amide bonds. The summed E-state index contributed by atoms with van der Waals surface area (Å²) in [4.78, 5) is 28.5. The molecule has 0 aliphatic heterocycles. The summed E-state index contributed by atoms with van der Waals surface area (Å²) in [5.41, 5.74) is 3.21. The number of hydrogen-bond acceptors (Lipinski definition) is 4. The van der Waals surface area contributed by atoms with E-state index in [0.29, 0.717) is 17.7 Å². The Morgan fingerprint density at radius 2 is 1.90 bits per heavy atom. The van der Waals surface area contributed by atoms with Gasteiger partial charge >= 0.3 is 5.97 Å². The fourth-order valence-corrected chi connectivity index (χ4v) is 3.50. The standard InChI is InChI=1S/C23H21IN2O4/c1-14(16-6-8-17(9-7-16)23(28)29)26-22(27)20-12-18(24)13-25-21(20)11-15-4-3-5-19(10-15)30-2/h3-10,12-14H,11H2,1-2H3,(H,26,27)(H,28,29)/t14-/m0/s1. The van der Waals surface area contributed by atoms with Crippen molar-refractivity contribution in [3.05, 3.63) is 92.3 Å². The molecule has 0 fully saturated rings. The average Bonchev–Trinajstić information content (AvgIpc) is 2.75. The molecule has 30 heavy (non-hydrogen) atoms. The molecule has 0 aliphatic carbocycles. The fraction of sp³-hybridized carbons (Fsp3) is 0.174. The van der Waals surface area contributed by atoms with Gasteiger partial charge in [-0.25, -0.2) is 4.79 Å². The third-order valence-corrected chi connectivity index (χ3v) is 5.28. The first-order valence-electron chi connectivity index (χ1n) is 9.29. The van der Waals surface area contributed by atoms with Crippen LogP contribution in [0.1, 0.15) is 50.5 Å². The van der Waals surface area contributed by atoms with E-state index in [1.807, 2.05) is 37.3 Å². The molecule has 0 spiro atoms. The van der Waals surface area contributed by atoms with Gasteiger partial charge in [0.05, 0.1) is 30.0 Å². The zero-order valence-corrected chi connectivity index (χ0v) is 18.7.